The van der Waals surface area contributed by atoms with Gasteiger partial charge in [-0.05, 0) is 36.7 Å². The summed E-state index contributed by atoms with van der Waals surface area (Å²) in [5.74, 6) is 1.89. The Morgan fingerprint density at radius 3 is 2.65 bits per heavy atom. The molecule has 3 rings (SSSR count). The van der Waals surface area contributed by atoms with Crippen molar-refractivity contribution >= 4 is 0 Å². The van der Waals surface area contributed by atoms with E-state index in [-0.39, 0.29) is 0 Å². The second-order valence-electron chi connectivity index (χ2n) is 6.70. The van der Waals surface area contributed by atoms with Gasteiger partial charge in [-0.25, -0.2) is 0 Å². The molecule has 1 heterocycles. The van der Waals surface area contributed by atoms with Gasteiger partial charge in [0.05, 0.1) is 0 Å². The van der Waals surface area contributed by atoms with Crippen LogP contribution < -0.4 is 5.32 Å². The summed E-state index contributed by atoms with van der Waals surface area (Å²) in [6.45, 7) is 8.36. The quantitative estimate of drug-likeness (QED) is 0.883. The smallest absolute Gasteiger partial charge is 0.0449 e. The van der Waals surface area contributed by atoms with E-state index >= 15 is 0 Å². The third kappa shape index (κ3) is 3.24. The van der Waals surface area contributed by atoms with E-state index in [0.717, 1.165) is 24.4 Å². The lowest BCUT2D eigenvalue weighted by atomic mass is 9.98. The second-order valence-corrected chi connectivity index (χ2v) is 6.70. The predicted octanol–water partition coefficient (Wildman–Crippen LogP) is 3.46. The zero-order valence-corrected chi connectivity index (χ0v) is 12.9. The molecule has 1 saturated heterocycles. The first kappa shape index (κ1) is 14.1. The molecule has 2 aliphatic rings. The Bertz CT molecular complexity index is 413. The molecule has 1 aromatic carbocycles. The average Bonchev–Trinajstić information content (AvgIpc) is 3.33. The number of benzene rings is 1. The molecule has 1 aliphatic carbocycles. The van der Waals surface area contributed by atoms with Gasteiger partial charge in [0.15, 0.2) is 0 Å². The van der Waals surface area contributed by atoms with E-state index in [1.807, 2.05) is 0 Å². The van der Waals surface area contributed by atoms with Crippen molar-refractivity contribution in [3.63, 3.8) is 0 Å². The number of nitrogens with zero attached hydrogens (tertiary/aromatic N) is 1. The van der Waals surface area contributed by atoms with Gasteiger partial charge < -0.3 is 5.32 Å². The normalized spacial score (nSPS) is 29.3. The third-order valence-corrected chi connectivity index (χ3v) is 5.16. The van der Waals surface area contributed by atoms with Crippen LogP contribution >= 0.6 is 0 Å². The minimum Gasteiger partial charge on any atom is -0.307 e. The molecule has 1 aromatic rings. The summed E-state index contributed by atoms with van der Waals surface area (Å²) in [6, 6.07) is 12.1. The lowest BCUT2D eigenvalue weighted by Crippen LogP contribution is -2.53. The van der Waals surface area contributed by atoms with Gasteiger partial charge in [0.2, 0.25) is 0 Å². The van der Waals surface area contributed by atoms with E-state index in [1.54, 1.807) is 0 Å². The number of nitrogens with one attached hydrogen (secondary N) is 1. The summed E-state index contributed by atoms with van der Waals surface area (Å²) in [7, 11) is 0. The van der Waals surface area contributed by atoms with Gasteiger partial charge in [0.25, 0.3) is 0 Å². The van der Waals surface area contributed by atoms with Gasteiger partial charge in [-0.2, -0.15) is 0 Å². The Hall–Kier alpha value is -0.860. The maximum absolute atomic E-state index is 3.74. The molecule has 1 N–H and O–H groups in total. The van der Waals surface area contributed by atoms with E-state index in [9.17, 15) is 0 Å². The minimum absolute atomic E-state index is 0.505. The van der Waals surface area contributed by atoms with Crippen LogP contribution in [0.4, 0.5) is 0 Å². The molecule has 2 nitrogen and oxygen atoms in total. The Morgan fingerprint density at radius 2 is 2.00 bits per heavy atom. The highest BCUT2D eigenvalue weighted by Gasteiger charge is 2.33. The van der Waals surface area contributed by atoms with Crippen molar-refractivity contribution in [2.45, 2.75) is 45.2 Å². The van der Waals surface area contributed by atoms with Crippen molar-refractivity contribution in [3.8, 4) is 0 Å². The molecular weight excluding hydrogens is 244 g/mol. The first-order valence-electron chi connectivity index (χ1n) is 8.30. The van der Waals surface area contributed by atoms with Crippen molar-refractivity contribution in [2.75, 3.05) is 19.6 Å². The summed E-state index contributed by atoms with van der Waals surface area (Å²) >= 11 is 0. The molecule has 2 fully saturated rings. The highest BCUT2D eigenvalue weighted by atomic mass is 15.2. The molecule has 3 atom stereocenters. The fourth-order valence-corrected chi connectivity index (χ4v) is 3.57. The van der Waals surface area contributed by atoms with Crippen LogP contribution in [0.25, 0.3) is 0 Å². The zero-order valence-electron chi connectivity index (χ0n) is 12.9. The Labute approximate surface area is 123 Å². The van der Waals surface area contributed by atoms with Crippen LogP contribution in [0.15, 0.2) is 30.3 Å². The topological polar surface area (TPSA) is 15.3 Å². The van der Waals surface area contributed by atoms with Crippen LogP contribution in [0.3, 0.4) is 0 Å². The third-order valence-electron chi connectivity index (χ3n) is 5.16. The van der Waals surface area contributed by atoms with Crippen LogP contribution in [0, 0.1) is 11.8 Å². The first-order chi connectivity index (χ1) is 9.78. The average molecular weight is 272 g/mol. The van der Waals surface area contributed by atoms with Crippen molar-refractivity contribution < 1.29 is 0 Å². The molecule has 1 aliphatic heterocycles. The lowest BCUT2D eigenvalue weighted by molar-refractivity contribution is 0.105. The van der Waals surface area contributed by atoms with E-state index in [4.69, 9.17) is 0 Å². The maximum Gasteiger partial charge on any atom is 0.0449 e. The van der Waals surface area contributed by atoms with Gasteiger partial charge in [-0.15, -0.1) is 0 Å². The van der Waals surface area contributed by atoms with E-state index in [2.05, 4.69) is 54.4 Å². The highest BCUT2D eigenvalue weighted by Crippen LogP contribution is 2.37. The minimum atomic E-state index is 0.505. The summed E-state index contributed by atoms with van der Waals surface area (Å²) in [5.41, 5.74) is 1.44. The monoisotopic (exact) mass is 272 g/mol. The molecule has 0 spiro atoms. The predicted molar refractivity (Wildman–Crippen MR) is 84.7 cm³/mol. The molecule has 2 heteroatoms. The Morgan fingerprint density at radius 1 is 1.25 bits per heavy atom. The molecule has 0 bridgehead atoms. The molecule has 0 amide bonds. The van der Waals surface area contributed by atoms with E-state index in [1.165, 1.54) is 37.9 Å². The van der Waals surface area contributed by atoms with Crippen LogP contribution in [-0.2, 0) is 0 Å². The van der Waals surface area contributed by atoms with Crippen molar-refractivity contribution in [1.29, 1.82) is 0 Å². The van der Waals surface area contributed by atoms with Crippen LogP contribution in [0.2, 0.25) is 0 Å². The molecule has 1 saturated carbocycles. The van der Waals surface area contributed by atoms with Crippen molar-refractivity contribution in [3.05, 3.63) is 35.9 Å². The lowest BCUT2D eigenvalue weighted by Gasteiger charge is -2.41. The zero-order chi connectivity index (χ0) is 13.9. The summed E-state index contributed by atoms with van der Waals surface area (Å²) in [4.78, 5) is 2.75. The SMILES string of the molecule is CCC1CNC(c2ccccc2)CN1CC(C)C1CC1. The van der Waals surface area contributed by atoms with Crippen LogP contribution in [0.5, 0.6) is 0 Å². The molecule has 3 unspecified atom stereocenters. The molecule has 0 radical (unpaired) electrons. The first-order valence-corrected chi connectivity index (χ1v) is 8.30. The fraction of sp³-hybridized carbons (Fsp3) is 0.667. The standard InChI is InChI=1S/C18H28N2/c1-3-17-11-19-18(16-7-5-4-6-8-16)13-20(17)12-14(2)15-9-10-15/h4-8,14-15,17-19H,3,9-13H2,1-2H3. The molecular formula is C18H28N2. The van der Waals surface area contributed by atoms with Crippen LogP contribution in [0.1, 0.15) is 44.7 Å². The highest BCUT2D eigenvalue weighted by molar-refractivity contribution is 5.20. The van der Waals surface area contributed by atoms with Crippen molar-refractivity contribution in [1.82, 2.24) is 10.2 Å². The molecule has 0 aromatic heterocycles. The van der Waals surface area contributed by atoms with Gasteiger partial charge in [0, 0.05) is 31.7 Å². The number of hydrogen-bond donors (Lipinski definition) is 1. The van der Waals surface area contributed by atoms with Gasteiger partial charge in [0.1, 0.15) is 0 Å². The molecule has 110 valence electrons. The fourth-order valence-electron chi connectivity index (χ4n) is 3.57. The summed E-state index contributed by atoms with van der Waals surface area (Å²) < 4.78 is 0. The van der Waals surface area contributed by atoms with Gasteiger partial charge in [-0.3, -0.25) is 4.90 Å². The van der Waals surface area contributed by atoms with E-state index < -0.39 is 0 Å². The number of rotatable bonds is 5. The molecule has 20 heavy (non-hydrogen) atoms. The Kier molecular flexibility index (Phi) is 4.42. The second kappa shape index (κ2) is 6.28. The van der Waals surface area contributed by atoms with E-state index in [0.29, 0.717) is 6.04 Å². The largest absolute Gasteiger partial charge is 0.307 e. The van der Waals surface area contributed by atoms with Gasteiger partial charge >= 0.3 is 0 Å². The summed E-state index contributed by atoms with van der Waals surface area (Å²) in [6.07, 6.45) is 4.18. The number of hydrogen-bond acceptors (Lipinski definition) is 2. The van der Waals surface area contributed by atoms with Gasteiger partial charge in [-0.1, -0.05) is 44.2 Å². The number of piperazine rings is 1. The van der Waals surface area contributed by atoms with Crippen molar-refractivity contribution in [2.24, 2.45) is 11.8 Å². The summed E-state index contributed by atoms with van der Waals surface area (Å²) in [5, 5.41) is 3.74. The van der Waals surface area contributed by atoms with Crippen LogP contribution in [-0.4, -0.2) is 30.6 Å². The maximum atomic E-state index is 3.74. The Balaban J connectivity index is 1.65.